The molecule has 2 fully saturated rings. The molecule has 0 bridgehead atoms. The van der Waals surface area contributed by atoms with Crippen LogP contribution < -0.4 is 5.73 Å². The van der Waals surface area contributed by atoms with Crippen LogP contribution in [0, 0.1) is 16.7 Å². The van der Waals surface area contributed by atoms with Crippen molar-refractivity contribution in [2.75, 3.05) is 0 Å². The van der Waals surface area contributed by atoms with Crippen molar-refractivity contribution in [2.45, 2.75) is 76.7 Å². The van der Waals surface area contributed by atoms with Gasteiger partial charge in [-0.05, 0) is 39.5 Å². The Morgan fingerprint density at radius 3 is 2.55 bits per heavy atom. The molecule has 2 aliphatic rings. The van der Waals surface area contributed by atoms with E-state index < -0.39 is 23.7 Å². The first kappa shape index (κ1) is 15.2. The lowest BCUT2D eigenvalue weighted by molar-refractivity contribution is -0.139. The molecule has 1 heterocycles. The Labute approximate surface area is 120 Å². The normalized spacial score (nSPS) is 31.9. The van der Waals surface area contributed by atoms with Gasteiger partial charge in [-0.25, -0.2) is 4.39 Å². The van der Waals surface area contributed by atoms with E-state index in [1.165, 1.54) is 6.92 Å². The van der Waals surface area contributed by atoms with Crippen LogP contribution in [0.5, 0.6) is 0 Å². The molecule has 2 rings (SSSR count). The molecule has 20 heavy (non-hydrogen) atoms. The first-order valence-electron chi connectivity index (χ1n) is 7.55. The number of hydrogen-bond donors (Lipinski definition) is 1. The second-order valence-electron chi connectivity index (χ2n) is 6.35. The Bertz CT molecular complexity index is 412. The molecule has 0 aromatic carbocycles. The molecule has 4 atom stereocenters. The fraction of sp³-hybridized carbons (Fsp3) is 0.867. The average molecular weight is 281 g/mol. The Morgan fingerprint density at radius 1 is 1.45 bits per heavy atom. The third kappa shape index (κ3) is 2.31. The van der Waals surface area contributed by atoms with Crippen LogP contribution in [0.2, 0.25) is 0 Å². The van der Waals surface area contributed by atoms with Gasteiger partial charge < -0.3 is 10.6 Å². The number of amides is 1. The Morgan fingerprint density at radius 2 is 2.05 bits per heavy atom. The van der Waals surface area contributed by atoms with Crippen LogP contribution in [0.3, 0.4) is 0 Å². The van der Waals surface area contributed by atoms with Crippen molar-refractivity contribution >= 4 is 5.91 Å². The fourth-order valence-electron chi connectivity index (χ4n) is 3.88. The second kappa shape index (κ2) is 5.69. The number of nitrogens with two attached hydrogens (primary N) is 1. The summed E-state index contributed by atoms with van der Waals surface area (Å²) in [5.74, 6) is -0.243. The first-order chi connectivity index (χ1) is 9.44. The molecular formula is C15H24FN3O. The highest BCUT2D eigenvalue weighted by Gasteiger charge is 2.50. The molecule has 1 aliphatic heterocycles. The van der Waals surface area contributed by atoms with Crippen molar-refractivity contribution in [3.63, 3.8) is 0 Å². The molecule has 1 amide bonds. The molecule has 4 nitrogen and oxygen atoms in total. The van der Waals surface area contributed by atoms with Crippen LogP contribution in [0.25, 0.3) is 0 Å². The lowest BCUT2D eigenvalue weighted by Crippen LogP contribution is -2.57. The first-order valence-corrected chi connectivity index (χ1v) is 7.55. The zero-order valence-corrected chi connectivity index (χ0v) is 12.3. The van der Waals surface area contributed by atoms with Gasteiger partial charge in [0, 0.05) is 11.5 Å². The van der Waals surface area contributed by atoms with Crippen molar-refractivity contribution in [3.05, 3.63) is 0 Å². The maximum Gasteiger partial charge on any atom is 0.241 e. The summed E-state index contributed by atoms with van der Waals surface area (Å²) >= 11 is 0. The maximum absolute atomic E-state index is 14.1. The van der Waals surface area contributed by atoms with Crippen LogP contribution in [-0.4, -0.2) is 35.1 Å². The predicted octanol–water partition coefficient (Wildman–Crippen LogP) is 2.14. The molecule has 0 aromatic heterocycles. The van der Waals surface area contributed by atoms with E-state index in [0.29, 0.717) is 19.3 Å². The van der Waals surface area contributed by atoms with E-state index in [-0.39, 0.29) is 11.9 Å². The van der Waals surface area contributed by atoms with Gasteiger partial charge in [-0.2, -0.15) is 5.26 Å². The van der Waals surface area contributed by atoms with E-state index in [2.05, 4.69) is 6.07 Å². The smallest absolute Gasteiger partial charge is 0.241 e. The molecule has 5 heteroatoms. The number of halogens is 1. The number of carbonyl (C=O) groups excluding carboxylic acids is 1. The van der Waals surface area contributed by atoms with E-state index in [1.807, 2.05) is 6.92 Å². The molecule has 112 valence electrons. The van der Waals surface area contributed by atoms with Crippen LogP contribution in [0.4, 0.5) is 4.39 Å². The van der Waals surface area contributed by atoms with Crippen molar-refractivity contribution in [3.8, 4) is 6.07 Å². The highest BCUT2D eigenvalue weighted by molar-refractivity contribution is 5.84. The summed E-state index contributed by atoms with van der Waals surface area (Å²) in [6, 6.07) is 0.951. The highest BCUT2D eigenvalue weighted by atomic mass is 19.1. The third-order valence-corrected chi connectivity index (χ3v) is 5.28. The van der Waals surface area contributed by atoms with Crippen LogP contribution in [0.1, 0.15) is 52.4 Å². The number of rotatable bonds is 3. The van der Waals surface area contributed by atoms with Gasteiger partial charge >= 0.3 is 0 Å². The number of nitrogens with zero attached hydrogens (tertiary/aromatic N) is 2. The molecule has 0 radical (unpaired) electrons. The van der Waals surface area contributed by atoms with E-state index in [9.17, 15) is 9.18 Å². The molecule has 1 aliphatic carbocycles. The summed E-state index contributed by atoms with van der Waals surface area (Å²) in [6.07, 6.45) is 3.58. The Kier molecular flexibility index (Phi) is 4.33. The maximum atomic E-state index is 14.1. The van der Waals surface area contributed by atoms with Gasteiger partial charge in [-0.1, -0.05) is 12.8 Å². The summed E-state index contributed by atoms with van der Waals surface area (Å²) < 4.78 is 14.1. The van der Waals surface area contributed by atoms with Gasteiger partial charge in [0.2, 0.25) is 5.91 Å². The fourth-order valence-corrected chi connectivity index (χ4v) is 3.88. The van der Waals surface area contributed by atoms with Gasteiger partial charge in [0.1, 0.15) is 12.2 Å². The molecule has 0 spiro atoms. The van der Waals surface area contributed by atoms with Crippen LogP contribution in [-0.2, 0) is 4.79 Å². The zero-order valence-electron chi connectivity index (χ0n) is 12.3. The summed E-state index contributed by atoms with van der Waals surface area (Å²) in [5.41, 5.74) is 5.44. The molecular weight excluding hydrogens is 257 g/mol. The third-order valence-electron chi connectivity index (χ3n) is 5.28. The SMILES string of the molecule is CC1CCC(C#N)N1C(=O)C(N)C1(C(C)F)CCCC1. The van der Waals surface area contributed by atoms with Crippen molar-refractivity contribution < 1.29 is 9.18 Å². The monoisotopic (exact) mass is 281 g/mol. The molecule has 0 aromatic rings. The number of likely N-dealkylation sites (tertiary alicyclic amines) is 1. The van der Waals surface area contributed by atoms with Crippen molar-refractivity contribution in [1.82, 2.24) is 4.90 Å². The quantitative estimate of drug-likeness (QED) is 0.861. The number of carbonyl (C=O) groups is 1. The lowest BCUT2D eigenvalue weighted by atomic mass is 9.74. The van der Waals surface area contributed by atoms with Gasteiger partial charge in [0.25, 0.3) is 0 Å². The minimum Gasteiger partial charge on any atom is -0.323 e. The zero-order chi connectivity index (χ0) is 14.9. The van der Waals surface area contributed by atoms with Crippen molar-refractivity contribution in [2.24, 2.45) is 11.1 Å². The minimum atomic E-state index is -1.10. The van der Waals surface area contributed by atoms with Crippen LogP contribution in [0.15, 0.2) is 0 Å². The molecule has 1 saturated heterocycles. The Balaban J connectivity index is 2.21. The van der Waals surface area contributed by atoms with E-state index >= 15 is 0 Å². The average Bonchev–Trinajstić information content (AvgIpc) is 3.04. The van der Waals surface area contributed by atoms with Gasteiger partial charge in [0.15, 0.2) is 0 Å². The van der Waals surface area contributed by atoms with Gasteiger partial charge in [-0.15, -0.1) is 0 Å². The molecule has 2 N–H and O–H groups in total. The van der Waals surface area contributed by atoms with Gasteiger partial charge in [0.05, 0.1) is 12.1 Å². The topological polar surface area (TPSA) is 70.1 Å². The summed E-state index contributed by atoms with van der Waals surface area (Å²) in [7, 11) is 0. The number of alkyl halides is 1. The van der Waals surface area contributed by atoms with Crippen molar-refractivity contribution in [1.29, 1.82) is 5.26 Å². The summed E-state index contributed by atoms with van der Waals surface area (Å²) in [4.78, 5) is 14.3. The number of hydrogen-bond acceptors (Lipinski definition) is 3. The second-order valence-corrected chi connectivity index (χ2v) is 6.35. The molecule has 1 saturated carbocycles. The lowest BCUT2D eigenvalue weighted by Gasteiger charge is -2.39. The number of nitriles is 1. The predicted molar refractivity (Wildman–Crippen MR) is 74.4 cm³/mol. The summed E-state index contributed by atoms with van der Waals surface area (Å²) in [6.45, 7) is 3.44. The van der Waals surface area contributed by atoms with Crippen LogP contribution >= 0.6 is 0 Å². The molecule has 4 unspecified atom stereocenters. The minimum absolute atomic E-state index is 0.0200. The van der Waals surface area contributed by atoms with E-state index in [0.717, 1.165) is 19.3 Å². The van der Waals surface area contributed by atoms with E-state index in [4.69, 9.17) is 11.0 Å². The van der Waals surface area contributed by atoms with E-state index in [1.54, 1.807) is 4.90 Å². The van der Waals surface area contributed by atoms with Gasteiger partial charge in [-0.3, -0.25) is 4.79 Å². The largest absolute Gasteiger partial charge is 0.323 e. The Hall–Kier alpha value is -1.15. The standard InChI is InChI=1S/C15H24FN3O/c1-10-5-6-12(9-17)19(10)14(20)13(18)15(11(2)16)7-3-4-8-15/h10-13H,3-8,18H2,1-2H3. The summed E-state index contributed by atoms with van der Waals surface area (Å²) in [5, 5.41) is 9.16. The highest BCUT2D eigenvalue weighted by Crippen LogP contribution is 2.45.